The molecule has 0 bridgehead atoms. The molecule has 0 aliphatic carbocycles. The first-order valence-corrected chi connectivity index (χ1v) is 5.87. The molecule has 1 heterocycles. The van der Waals surface area contributed by atoms with Crippen LogP contribution >= 0.6 is 23.2 Å². The molecule has 0 amide bonds. The number of aromatic carboxylic acids is 1. The van der Waals surface area contributed by atoms with Crippen LogP contribution in [0.25, 0.3) is 0 Å². The zero-order valence-corrected chi connectivity index (χ0v) is 11.2. The van der Waals surface area contributed by atoms with Gasteiger partial charge in [0.1, 0.15) is 5.56 Å². The molecule has 19 heavy (non-hydrogen) atoms. The van der Waals surface area contributed by atoms with Crippen molar-refractivity contribution in [3.05, 3.63) is 39.5 Å². The Bertz CT molecular complexity index is 627. The second-order valence-electron chi connectivity index (χ2n) is 3.57. The number of aryl methyl sites for hydroxylation is 1. The van der Waals surface area contributed by atoms with Crippen molar-refractivity contribution in [2.24, 2.45) is 0 Å². The van der Waals surface area contributed by atoms with Gasteiger partial charge < -0.3 is 14.3 Å². The van der Waals surface area contributed by atoms with Crippen molar-refractivity contribution in [1.29, 1.82) is 0 Å². The minimum atomic E-state index is -1.19. The highest BCUT2D eigenvalue weighted by Gasteiger charge is 2.17. The van der Waals surface area contributed by atoms with Crippen LogP contribution in [-0.2, 0) is 6.61 Å². The van der Waals surface area contributed by atoms with E-state index in [1.165, 1.54) is 12.1 Å². The Balaban J connectivity index is 2.26. The Morgan fingerprint density at radius 2 is 2.16 bits per heavy atom. The van der Waals surface area contributed by atoms with E-state index in [-0.39, 0.29) is 33.9 Å². The van der Waals surface area contributed by atoms with Crippen molar-refractivity contribution in [2.45, 2.75) is 13.5 Å². The fourth-order valence-electron chi connectivity index (χ4n) is 1.40. The Kier molecular flexibility index (Phi) is 3.92. The summed E-state index contributed by atoms with van der Waals surface area (Å²) in [6.45, 7) is 1.55. The Labute approximate surface area is 117 Å². The topological polar surface area (TPSA) is 85.5 Å². The molecule has 0 unspecified atom stereocenters. The summed E-state index contributed by atoms with van der Waals surface area (Å²) >= 11 is 11.7. The SMILES string of the molecule is Cc1nnc(COc2c(Cl)cc(Cl)cc2C(=O)O)o1. The van der Waals surface area contributed by atoms with E-state index in [9.17, 15) is 4.79 Å². The van der Waals surface area contributed by atoms with Crippen LogP contribution in [0, 0.1) is 6.92 Å². The van der Waals surface area contributed by atoms with Crippen molar-refractivity contribution in [3.63, 3.8) is 0 Å². The normalized spacial score (nSPS) is 10.5. The number of nitrogens with zero attached hydrogens (tertiary/aromatic N) is 2. The molecule has 100 valence electrons. The number of ether oxygens (including phenoxy) is 1. The number of benzene rings is 1. The van der Waals surface area contributed by atoms with Crippen LogP contribution in [0.4, 0.5) is 0 Å². The Morgan fingerprint density at radius 1 is 1.42 bits per heavy atom. The number of hydrogen-bond acceptors (Lipinski definition) is 5. The molecule has 0 spiro atoms. The van der Waals surface area contributed by atoms with Gasteiger partial charge in [-0.05, 0) is 12.1 Å². The summed E-state index contributed by atoms with van der Waals surface area (Å²) in [7, 11) is 0. The molecule has 1 aromatic heterocycles. The predicted molar refractivity (Wildman–Crippen MR) is 66.8 cm³/mol. The van der Waals surface area contributed by atoms with E-state index in [1.807, 2.05) is 0 Å². The molecule has 0 atom stereocenters. The number of halogens is 2. The quantitative estimate of drug-likeness (QED) is 0.934. The van der Waals surface area contributed by atoms with Crippen molar-refractivity contribution in [2.75, 3.05) is 0 Å². The van der Waals surface area contributed by atoms with Gasteiger partial charge >= 0.3 is 5.97 Å². The van der Waals surface area contributed by atoms with Crippen LogP contribution in [0.3, 0.4) is 0 Å². The van der Waals surface area contributed by atoms with Crippen LogP contribution in [0.15, 0.2) is 16.5 Å². The summed E-state index contributed by atoms with van der Waals surface area (Å²) in [6, 6.07) is 2.65. The molecule has 0 aliphatic rings. The smallest absolute Gasteiger partial charge is 0.339 e. The molecule has 0 radical (unpaired) electrons. The molecule has 0 saturated carbocycles. The number of rotatable bonds is 4. The van der Waals surface area contributed by atoms with Crippen LogP contribution < -0.4 is 4.74 Å². The van der Waals surface area contributed by atoms with Crippen molar-refractivity contribution in [3.8, 4) is 5.75 Å². The molecule has 0 saturated heterocycles. The van der Waals surface area contributed by atoms with Gasteiger partial charge in [0.15, 0.2) is 12.4 Å². The van der Waals surface area contributed by atoms with Gasteiger partial charge in [-0.2, -0.15) is 0 Å². The average molecular weight is 303 g/mol. The van der Waals surface area contributed by atoms with Gasteiger partial charge in [-0.15, -0.1) is 10.2 Å². The second-order valence-corrected chi connectivity index (χ2v) is 4.42. The fraction of sp³-hybridized carbons (Fsp3) is 0.182. The van der Waals surface area contributed by atoms with Crippen LogP contribution in [0.1, 0.15) is 22.1 Å². The summed E-state index contributed by atoms with van der Waals surface area (Å²) in [6.07, 6.45) is 0. The maximum Gasteiger partial charge on any atom is 0.339 e. The molecule has 1 N–H and O–H groups in total. The molecule has 1 aromatic carbocycles. The molecule has 0 aliphatic heterocycles. The number of carboxylic acids is 1. The highest BCUT2D eigenvalue weighted by atomic mass is 35.5. The third kappa shape index (κ3) is 3.15. The number of hydrogen-bond donors (Lipinski definition) is 1. The van der Waals surface area contributed by atoms with Gasteiger partial charge in [-0.25, -0.2) is 4.79 Å². The van der Waals surface area contributed by atoms with Crippen molar-refractivity contribution >= 4 is 29.2 Å². The van der Waals surface area contributed by atoms with Crippen molar-refractivity contribution < 1.29 is 19.1 Å². The summed E-state index contributed by atoms with van der Waals surface area (Å²) in [4.78, 5) is 11.1. The molecular weight excluding hydrogens is 295 g/mol. The lowest BCUT2D eigenvalue weighted by atomic mass is 10.2. The minimum absolute atomic E-state index is 0.00872. The van der Waals surface area contributed by atoms with Crippen LogP contribution in [-0.4, -0.2) is 21.3 Å². The van der Waals surface area contributed by atoms with Crippen molar-refractivity contribution in [1.82, 2.24) is 10.2 Å². The fourth-order valence-corrected chi connectivity index (χ4v) is 1.94. The summed E-state index contributed by atoms with van der Waals surface area (Å²) in [5, 5.41) is 16.7. The van der Waals surface area contributed by atoms with Gasteiger partial charge in [0.25, 0.3) is 5.89 Å². The number of carboxylic acid groups (broad SMARTS) is 1. The van der Waals surface area contributed by atoms with Crippen LogP contribution in [0.5, 0.6) is 5.75 Å². The van der Waals surface area contributed by atoms with Crippen LogP contribution in [0.2, 0.25) is 10.0 Å². The van der Waals surface area contributed by atoms with Gasteiger partial charge in [0, 0.05) is 11.9 Å². The standard InChI is InChI=1S/C11H8Cl2N2O4/c1-5-14-15-9(19-5)4-18-10-7(11(16)17)2-6(12)3-8(10)13/h2-3H,4H2,1H3,(H,16,17). The predicted octanol–water partition coefficient (Wildman–Crippen LogP) is 2.96. The maximum atomic E-state index is 11.1. The van der Waals surface area contributed by atoms with E-state index in [4.69, 9.17) is 37.5 Å². The van der Waals surface area contributed by atoms with E-state index < -0.39 is 5.97 Å². The highest BCUT2D eigenvalue weighted by Crippen LogP contribution is 2.33. The minimum Gasteiger partial charge on any atom is -0.481 e. The zero-order valence-electron chi connectivity index (χ0n) is 9.68. The monoisotopic (exact) mass is 302 g/mol. The first-order valence-electron chi connectivity index (χ1n) is 5.11. The molecule has 2 aromatic rings. The molecule has 0 fully saturated rings. The highest BCUT2D eigenvalue weighted by molar-refractivity contribution is 6.36. The summed E-state index contributed by atoms with van der Waals surface area (Å²) in [5.74, 6) is -0.574. The van der Waals surface area contributed by atoms with Gasteiger partial charge in [-0.3, -0.25) is 0 Å². The molecule has 6 nitrogen and oxygen atoms in total. The Morgan fingerprint density at radius 3 is 2.74 bits per heavy atom. The van der Waals surface area contributed by atoms with Gasteiger partial charge in [0.2, 0.25) is 5.89 Å². The lowest BCUT2D eigenvalue weighted by Gasteiger charge is -2.09. The lowest BCUT2D eigenvalue weighted by Crippen LogP contribution is -2.04. The third-order valence-corrected chi connectivity index (χ3v) is 2.65. The van der Waals surface area contributed by atoms with E-state index >= 15 is 0 Å². The summed E-state index contributed by atoms with van der Waals surface area (Å²) in [5.41, 5.74) is -0.131. The first-order chi connectivity index (χ1) is 8.97. The van der Waals surface area contributed by atoms with Gasteiger partial charge in [0.05, 0.1) is 5.02 Å². The Hall–Kier alpha value is -1.79. The lowest BCUT2D eigenvalue weighted by molar-refractivity contribution is 0.0691. The van der Waals surface area contributed by atoms with E-state index in [1.54, 1.807) is 6.92 Å². The molecule has 8 heteroatoms. The van der Waals surface area contributed by atoms with E-state index in [0.717, 1.165) is 0 Å². The van der Waals surface area contributed by atoms with E-state index in [0.29, 0.717) is 5.89 Å². The van der Waals surface area contributed by atoms with E-state index in [2.05, 4.69) is 10.2 Å². The second kappa shape index (κ2) is 5.46. The number of aromatic nitrogens is 2. The molecule has 2 rings (SSSR count). The first kappa shape index (κ1) is 13.6. The maximum absolute atomic E-state index is 11.1. The van der Waals surface area contributed by atoms with Gasteiger partial charge in [-0.1, -0.05) is 23.2 Å². The zero-order chi connectivity index (χ0) is 14.0. The largest absolute Gasteiger partial charge is 0.481 e. The summed E-state index contributed by atoms with van der Waals surface area (Å²) < 4.78 is 10.4. The number of carbonyl (C=O) groups is 1. The average Bonchev–Trinajstić information content (AvgIpc) is 2.73. The third-order valence-electron chi connectivity index (χ3n) is 2.15. The molecular formula is C11H8Cl2N2O4.